The van der Waals surface area contributed by atoms with E-state index in [0.29, 0.717) is 31.5 Å². The molecule has 0 aromatic heterocycles. The van der Waals surface area contributed by atoms with Crippen molar-refractivity contribution in [3.63, 3.8) is 0 Å². The molecule has 2 rings (SSSR count). The van der Waals surface area contributed by atoms with Crippen molar-refractivity contribution in [2.75, 3.05) is 40.0 Å². The van der Waals surface area contributed by atoms with Gasteiger partial charge in [-0.3, -0.25) is 9.69 Å². The summed E-state index contributed by atoms with van der Waals surface area (Å²) in [6.45, 7) is 7.27. The Labute approximate surface area is 144 Å². The van der Waals surface area contributed by atoms with Crippen LogP contribution in [0.3, 0.4) is 0 Å². The van der Waals surface area contributed by atoms with Gasteiger partial charge in [-0.1, -0.05) is 13.8 Å². The van der Waals surface area contributed by atoms with E-state index in [9.17, 15) is 9.59 Å². The molecule has 0 aromatic rings. The van der Waals surface area contributed by atoms with Crippen molar-refractivity contribution in [1.29, 1.82) is 0 Å². The Balaban J connectivity index is 1.82. The summed E-state index contributed by atoms with van der Waals surface area (Å²) in [5.74, 6) is 0.0767. The van der Waals surface area contributed by atoms with Gasteiger partial charge in [-0.2, -0.15) is 0 Å². The molecule has 0 saturated carbocycles. The van der Waals surface area contributed by atoms with Gasteiger partial charge in [0.05, 0.1) is 26.9 Å². The first kappa shape index (κ1) is 19.1. The highest BCUT2D eigenvalue weighted by Crippen LogP contribution is 2.24. The maximum Gasteiger partial charge on any atom is 0.328 e. The lowest BCUT2D eigenvalue weighted by Gasteiger charge is -2.34. The van der Waals surface area contributed by atoms with E-state index in [1.165, 1.54) is 7.11 Å². The molecular weight excluding hydrogens is 312 g/mol. The van der Waals surface area contributed by atoms with Crippen molar-refractivity contribution in [2.24, 2.45) is 11.8 Å². The molecule has 7 nitrogen and oxygen atoms in total. The highest BCUT2D eigenvalue weighted by atomic mass is 16.7. The van der Waals surface area contributed by atoms with Crippen LogP contribution in [0.5, 0.6) is 0 Å². The second kappa shape index (κ2) is 9.34. The standard InChI is InChI=1S/C17H30N2O5/c1-12(2)9-14(16(21)22-3)18-15(20)11-19-6-4-5-13(10-19)17-23-7-8-24-17/h12-14,17H,4-11H2,1-3H3,(H,18,20). The van der Waals surface area contributed by atoms with Crippen LogP contribution >= 0.6 is 0 Å². The minimum absolute atomic E-state index is 0.139. The van der Waals surface area contributed by atoms with Gasteiger partial charge in [-0.05, 0) is 31.7 Å². The number of carbonyl (C=O) groups excluding carboxylic acids is 2. The van der Waals surface area contributed by atoms with Crippen molar-refractivity contribution in [3.05, 3.63) is 0 Å². The van der Waals surface area contributed by atoms with Crippen molar-refractivity contribution in [2.45, 2.75) is 45.4 Å². The summed E-state index contributed by atoms with van der Waals surface area (Å²) in [5.41, 5.74) is 0. The number of methoxy groups -OCH3 is 1. The summed E-state index contributed by atoms with van der Waals surface area (Å²) in [5, 5.41) is 2.81. The van der Waals surface area contributed by atoms with Gasteiger partial charge >= 0.3 is 5.97 Å². The number of amides is 1. The van der Waals surface area contributed by atoms with Crippen molar-refractivity contribution >= 4 is 11.9 Å². The largest absolute Gasteiger partial charge is 0.467 e. The van der Waals surface area contributed by atoms with Crippen LogP contribution in [-0.4, -0.2) is 69.1 Å². The predicted octanol–water partition coefficient (Wildman–Crippen LogP) is 0.775. The molecule has 7 heteroatoms. The molecule has 0 aromatic carbocycles. The summed E-state index contributed by atoms with van der Waals surface area (Å²) >= 11 is 0. The van der Waals surface area contributed by atoms with Gasteiger partial charge in [0, 0.05) is 12.5 Å². The highest BCUT2D eigenvalue weighted by Gasteiger charge is 2.32. The fourth-order valence-corrected chi connectivity index (χ4v) is 3.38. The number of nitrogens with zero attached hydrogens (tertiary/aromatic N) is 1. The monoisotopic (exact) mass is 342 g/mol. The zero-order valence-corrected chi connectivity index (χ0v) is 15.0. The van der Waals surface area contributed by atoms with E-state index in [2.05, 4.69) is 10.2 Å². The van der Waals surface area contributed by atoms with Crippen molar-refractivity contribution in [3.8, 4) is 0 Å². The number of piperidine rings is 1. The number of likely N-dealkylation sites (tertiary alicyclic amines) is 1. The Bertz CT molecular complexity index is 423. The molecule has 2 heterocycles. The molecule has 24 heavy (non-hydrogen) atoms. The van der Waals surface area contributed by atoms with Gasteiger partial charge < -0.3 is 19.5 Å². The van der Waals surface area contributed by atoms with Crippen LogP contribution in [0.1, 0.15) is 33.1 Å². The Morgan fingerprint density at radius 3 is 2.62 bits per heavy atom. The first-order valence-corrected chi connectivity index (χ1v) is 8.82. The van der Waals surface area contributed by atoms with Crippen LogP contribution in [0.15, 0.2) is 0 Å². The zero-order chi connectivity index (χ0) is 17.5. The van der Waals surface area contributed by atoms with Crippen LogP contribution in [0.25, 0.3) is 0 Å². The topological polar surface area (TPSA) is 77.1 Å². The average Bonchev–Trinajstić information content (AvgIpc) is 3.07. The van der Waals surface area contributed by atoms with Gasteiger partial charge in [0.15, 0.2) is 6.29 Å². The fourth-order valence-electron chi connectivity index (χ4n) is 3.38. The Morgan fingerprint density at radius 1 is 1.29 bits per heavy atom. The molecular formula is C17H30N2O5. The minimum atomic E-state index is -0.579. The molecule has 0 aliphatic carbocycles. The molecule has 138 valence electrons. The molecule has 2 fully saturated rings. The number of nitrogens with one attached hydrogen (secondary N) is 1. The lowest BCUT2D eigenvalue weighted by molar-refractivity contribution is -0.145. The number of hydrogen-bond acceptors (Lipinski definition) is 6. The molecule has 2 atom stereocenters. The van der Waals surface area contributed by atoms with Gasteiger partial charge in [0.2, 0.25) is 5.91 Å². The van der Waals surface area contributed by atoms with Crippen LogP contribution < -0.4 is 5.32 Å². The lowest BCUT2D eigenvalue weighted by Crippen LogP contribution is -2.49. The molecule has 2 saturated heterocycles. The molecule has 0 spiro atoms. The predicted molar refractivity (Wildman–Crippen MR) is 88.3 cm³/mol. The number of rotatable bonds is 7. The number of esters is 1. The number of hydrogen-bond donors (Lipinski definition) is 1. The minimum Gasteiger partial charge on any atom is -0.467 e. The van der Waals surface area contributed by atoms with Crippen molar-refractivity contribution in [1.82, 2.24) is 10.2 Å². The van der Waals surface area contributed by atoms with E-state index in [4.69, 9.17) is 14.2 Å². The van der Waals surface area contributed by atoms with E-state index >= 15 is 0 Å². The second-order valence-electron chi connectivity index (χ2n) is 7.02. The molecule has 0 bridgehead atoms. The van der Waals surface area contributed by atoms with Gasteiger partial charge in [0.25, 0.3) is 0 Å². The third-order valence-corrected chi connectivity index (χ3v) is 4.47. The van der Waals surface area contributed by atoms with Crippen LogP contribution in [0, 0.1) is 11.8 Å². The zero-order valence-electron chi connectivity index (χ0n) is 15.0. The Hall–Kier alpha value is -1.18. The first-order chi connectivity index (χ1) is 11.5. The van der Waals surface area contributed by atoms with E-state index in [1.807, 2.05) is 13.8 Å². The summed E-state index contributed by atoms with van der Waals surface area (Å²) < 4.78 is 16.0. The van der Waals surface area contributed by atoms with Gasteiger partial charge in [0.1, 0.15) is 6.04 Å². The fraction of sp³-hybridized carbons (Fsp3) is 0.882. The summed E-state index contributed by atoms with van der Waals surface area (Å²) in [4.78, 5) is 26.3. The summed E-state index contributed by atoms with van der Waals surface area (Å²) in [6, 6.07) is -0.579. The number of carbonyl (C=O) groups is 2. The maximum absolute atomic E-state index is 12.3. The average molecular weight is 342 g/mol. The quantitative estimate of drug-likeness (QED) is 0.689. The Kier molecular flexibility index (Phi) is 7.45. The summed E-state index contributed by atoms with van der Waals surface area (Å²) in [6.07, 6.45) is 2.51. The van der Waals surface area contributed by atoms with Crippen molar-refractivity contribution < 1.29 is 23.8 Å². The smallest absolute Gasteiger partial charge is 0.328 e. The third kappa shape index (κ3) is 5.72. The van der Waals surface area contributed by atoms with Crippen LogP contribution in [0.4, 0.5) is 0 Å². The molecule has 2 unspecified atom stereocenters. The normalized spacial score (nSPS) is 24.1. The number of ether oxygens (including phenoxy) is 3. The first-order valence-electron chi connectivity index (χ1n) is 8.82. The van der Waals surface area contributed by atoms with Crippen LogP contribution in [0.2, 0.25) is 0 Å². The lowest BCUT2D eigenvalue weighted by atomic mass is 9.97. The SMILES string of the molecule is COC(=O)C(CC(C)C)NC(=O)CN1CCCC(C2OCCO2)C1. The van der Waals surface area contributed by atoms with Gasteiger partial charge in [-0.25, -0.2) is 4.79 Å². The van der Waals surface area contributed by atoms with E-state index in [1.54, 1.807) is 0 Å². The highest BCUT2D eigenvalue weighted by molar-refractivity contribution is 5.85. The molecule has 1 amide bonds. The summed E-state index contributed by atoms with van der Waals surface area (Å²) in [7, 11) is 1.35. The maximum atomic E-state index is 12.3. The molecule has 2 aliphatic rings. The Morgan fingerprint density at radius 2 is 2.00 bits per heavy atom. The molecule has 1 N–H and O–H groups in total. The second-order valence-corrected chi connectivity index (χ2v) is 7.02. The van der Waals surface area contributed by atoms with E-state index < -0.39 is 6.04 Å². The van der Waals surface area contributed by atoms with Gasteiger partial charge in [-0.15, -0.1) is 0 Å². The molecule has 0 radical (unpaired) electrons. The molecule has 2 aliphatic heterocycles. The third-order valence-electron chi connectivity index (χ3n) is 4.47. The van der Waals surface area contributed by atoms with E-state index in [-0.39, 0.29) is 24.7 Å². The van der Waals surface area contributed by atoms with Crippen LogP contribution in [-0.2, 0) is 23.8 Å². The van der Waals surface area contributed by atoms with E-state index in [0.717, 1.165) is 25.9 Å².